The molecule has 2 saturated heterocycles. The van der Waals surface area contributed by atoms with Gasteiger partial charge < -0.3 is 15.1 Å². The van der Waals surface area contributed by atoms with Crippen molar-refractivity contribution in [1.29, 1.82) is 0 Å². The van der Waals surface area contributed by atoms with Gasteiger partial charge in [-0.2, -0.15) is 0 Å². The zero-order valence-corrected chi connectivity index (χ0v) is 12.2. The first-order valence-corrected chi connectivity index (χ1v) is 7.27. The van der Waals surface area contributed by atoms with Crippen LogP contribution in [0.15, 0.2) is 0 Å². The molecule has 0 radical (unpaired) electrons. The van der Waals surface area contributed by atoms with Crippen molar-refractivity contribution in [3.63, 3.8) is 0 Å². The maximum Gasteiger partial charge on any atom is 0.244 e. The molecule has 2 aliphatic heterocycles. The van der Waals surface area contributed by atoms with Crippen LogP contribution in [-0.2, 0) is 9.59 Å². The Morgan fingerprint density at radius 3 is 2.58 bits per heavy atom. The Labute approximate surface area is 115 Å². The number of carbonyl (C=O) groups is 2. The lowest BCUT2D eigenvalue weighted by Gasteiger charge is -2.34. The fourth-order valence-corrected chi connectivity index (χ4v) is 3.14. The lowest BCUT2D eigenvalue weighted by molar-refractivity contribution is -0.144. The van der Waals surface area contributed by atoms with Crippen molar-refractivity contribution in [2.24, 2.45) is 5.92 Å². The van der Waals surface area contributed by atoms with Crippen LogP contribution in [0.5, 0.6) is 0 Å². The van der Waals surface area contributed by atoms with Crippen molar-refractivity contribution < 1.29 is 9.59 Å². The van der Waals surface area contributed by atoms with E-state index in [0.717, 1.165) is 32.2 Å². The molecule has 0 bridgehead atoms. The molecule has 5 nitrogen and oxygen atoms in total. The molecule has 3 atom stereocenters. The van der Waals surface area contributed by atoms with Crippen molar-refractivity contribution >= 4 is 11.8 Å². The van der Waals surface area contributed by atoms with Crippen molar-refractivity contribution in [2.75, 3.05) is 27.2 Å². The summed E-state index contributed by atoms with van der Waals surface area (Å²) >= 11 is 0. The van der Waals surface area contributed by atoms with Crippen molar-refractivity contribution in [2.45, 2.75) is 44.7 Å². The summed E-state index contributed by atoms with van der Waals surface area (Å²) in [5, 5.41) is 3.32. The number of hydrogen-bond donors (Lipinski definition) is 1. The highest BCUT2D eigenvalue weighted by Crippen LogP contribution is 2.24. The lowest BCUT2D eigenvalue weighted by Crippen LogP contribution is -2.55. The third-order valence-corrected chi connectivity index (χ3v) is 4.30. The number of likely N-dealkylation sites (tertiary alicyclic amines) is 1. The second-order valence-corrected chi connectivity index (χ2v) is 5.97. The van der Waals surface area contributed by atoms with E-state index in [1.807, 2.05) is 0 Å². The number of nitrogens with zero attached hydrogens (tertiary/aromatic N) is 2. The molecule has 19 heavy (non-hydrogen) atoms. The predicted molar refractivity (Wildman–Crippen MR) is 73.6 cm³/mol. The van der Waals surface area contributed by atoms with Gasteiger partial charge in [-0.15, -0.1) is 0 Å². The Morgan fingerprint density at radius 2 is 1.95 bits per heavy atom. The molecular weight excluding hydrogens is 242 g/mol. The van der Waals surface area contributed by atoms with Crippen LogP contribution >= 0.6 is 0 Å². The molecule has 1 N–H and O–H groups in total. The van der Waals surface area contributed by atoms with E-state index in [4.69, 9.17) is 0 Å². The smallest absolute Gasteiger partial charge is 0.244 e. The van der Waals surface area contributed by atoms with Gasteiger partial charge in [0.05, 0.1) is 6.04 Å². The Kier molecular flexibility index (Phi) is 4.45. The second kappa shape index (κ2) is 5.90. The van der Waals surface area contributed by atoms with E-state index in [1.54, 1.807) is 23.9 Å². The summed E-state index contributed by atoms with van der Waals surface area (Å²) in [4.78, 5) is 28.2. The van der Waals surface area contributed by atoms with Crippen LogP contribution in [0.3, 0.4) is 0 Å². The standard InChI is InChI=1S/C14H25N3O2/c1-10-6-4-8-15-12(10)14(19)17-9-5-7-11(17)13(18)16(2)3/h10-12,15H,4-9H2,1-3H3. The van der Waals surface area contributed by atoms with E-state index in [1.165, 1.54) is 0 Å². The Morgan fingerprint density at radius 1 is 1.21 bits per heavy atom. The normalized spacial score (nSPS) is 31.3. The Balaban J connectivity index is 2.07. The zero-order chi connectivity index (χ0) is 14.0. The fraction of sp³-hybridized carbons (Fsp3) is 0.857. The van der Waals surface area contributed by atoms with Crippen molar-refractivity contribution in [3.8, 4) is 0 Å². The summed E-state index contributed by atoms with van der Waals surface area (Å²) in [5.74, 6) is 0.524. The SMILES string of the molecule is CC1CCCNC1C(=O)N1CCCC1C(=O)N(C)C. The molecule has 2 aliphatic rings. The maximum absolute atomic E-state index is 12.6. The van der Waals surface area contributed by atoms with Gasteiger partial charge in [0.25, 0.3) is 0 Å². The molecule has 2 amide bonds. The number of nitrogens with one attached hydrogen (secondary N) is 1. The van der Waals surface area contributed by atoms with Crippen molar-refractivity contribution in [1.82, 2.24) is 15.1 Å². The van der Waals surface area contributed by atoms with Crippen LogP contribution in [0.2, 0.25) is 0 Å². The van der Waals surface area contributed by atoms with Crippen LogP contribution in [0, 0.1) is 5.92 Å². The molecule has 0 saturated carbocycles. The molecule has 0 aliphatic carbocycles. The van der Waals surface area contributed by atoms with E-state index < -0.39 is 0 Å². The molecule has 2 heterocycles. The average molecular weight is 267 g/mol. The summed E-state index contributed by atoms with van der Waals surface area (Å²) in [7, 11) is 3.51. The number of hydrogen-bond acceptors (Lipinski definition) is 3. The first-order chi connectivity index (χ1) is 9.02. The van der Waals surface area contributed by atoms with E-state index in [9.17, 15) is 9.59 Å². The van der Waals surface area contributed by atoms with Crippen molar-refractivity contribution in [3.05, 3.63) is 0 Å². The summed E-state index contributed by atoms with van der Waals surface area (Å²) in [6, 6.07) is -0.359. The molecule has 3 unspecified atom stereocenters. The fourth-order valence-electron chi connectivity index (χ4n) is 3.14. The Hall–Kier alpha value is -1.10. The topological polar surface area (TPSA) is 52.7 Å². The monoisotopic (exact) mass is 267 g/mol. The van der Waals surface area contributed by atoms with E-state index in [-0.39, 0.29) is 23.9 Å². The second-order valence-electron chi connectivity index (χ2n) is 5.97. The molecule has 0 aromatic heterocycles. The van der Waals surface area contributed by atoms with Gasteiger partial charge >= 0.3 is 0 Å². The highest BCUT2D eigenvalue weighted by atomic mass is 16.2. The minimum absolute atomic E-state index is 0.0503. The quantitative estimate of drug-likeness (QED) is 0.790. The van der Waals surface area contributed by atoms with Gasteiger partial charge in [-0.3, -0.25) is 9.59 Å². The molecule has 0 spiro atoms. The van der Waals surface area contributed by atoms with Gasteiger partial charge in [-0.1, -0.05) is 6.92 Å². The molecular formula is C14H25N3O2. The van der Waals surface area contributed by atoms with Crippen LogP contribution in [0.25, 0.3) is 0 Å². The predicted octanol–water partition coefficient (Wildman–Crippen LogP) is 0.454. The summed E-state index contributed by atoms with van der Waals surface area (Å²) in [6.45, 7) is 3.74. The number of piperidine rings is 1. The van der Waals surface area contributed by atoms with E-state index in [2.05, 4.69) is 12.2 Å². The first-order valence-electron chi connectivity index (χ1n) is 7.27. The number of carbonyl (C=O) groups excluding carboxylic acids is 2. The molecule has 2 fully saturated rings. The van der Waals surface area contributed by atoms with Gasteiger partial charge in [-0.05, 0) is 38.1 Å². The van der Waals surface area contributed by atoms with Crippen LogP contribution in [0.1, 0.15) is 32.6 Å². The number of amides is 2. The van der Waals surface area contributed by atoms with Gasteiger partial charge in [0.15, 0.2) is 0 Å². The maximum atomic E-state index is 12.6. The first kappa shape index (κ1) is 14.3. The van der Waals surface area contributed by atoms with E-state index >= 15 is 0 Å². The zero-order valence-electron chi connectivity index (χ0n) is 12.2. The minimum atomic E-state index is -0.251. The average Bonchev–Trinajstić information content (AvgIpc) is 2.86. The van der Waals surface area contributed by atoms with Gasteiger partial charge in [0.2, 0.25) is 11.8 Å². The molecule has 108 valence electrons. The van der Waals surface area contributed by atoms with Crippen LogP contribution in [-0.4, -0.2) is 60.9 Å². The summed E-state index contributed by atoms with van der Waals surface area (Å²) in [6.07, 6.45) is 3.94. The molecule has 2 rings (SSSR count). The van der Waals surface area contributed by atoms with Gasteiger partial charge in [-0.25, -0.2) is 0 Å². The van der Waals surface area contributed by atoms with E-state index in [0.29, 0.717) is 12.5 Å². The molecule has 0 aromatic rings. The third kappa shape index (κ3) is 2.91. The highest BCUT2D eigenvalue weighted by Gasteiger charge is 2.39. The Bertz CT molecular complexity index is 357. The minimum Gasteiger partial charge on any atom is -0.347 e. The number of likely N-dealkylation sites (N-methyl/N-ethyl adjacent to an activating group) is 1. The van der Waals surface area contributed by atoms with Crippen LogP contribution < -0.4 is 5.32 Å². The largest absolute Gasteiger partial charge is 0.347 e. The highest BCUT2D eigenvalue weighted by molar-refractivity contribution is 5.90. The summed E-state index contributed by atoms with van der Waals surface area (Å²) < 4.78 is 0. The van der Waals surface area contributed by atoms with Gasteiger partial charge in [0.1, 0.15) is 6.04 Å². The summed E-state index contributed by atoms with van der Waals surface area (Å²) in [5.41, 5.74) is 0. The lowest BCUT2D eigenvalue weighted by atomic mass is 9.91. The van der Waals surface area contributed by atoms with Crippen LogP contribution in [0.4, 0.5) is 0 Å². The van der Waals surface area contributed by atoms with Gasteiger partial charge in [0, 0.05) is 20.6 Å². The molecule has 0 aromatic carbocycles. The third-order valence-electron chi connectivity index (χ3n) is 4.30. The number of rotatable bonds is 2. The molecule has 5 heteroatoms.